The number of aldehydes is 1. The molecular weight excluding hydrogens is 686 g/mol. The molecule has 0 saturated heterocycles. The van der Waals surface area contributed by atoms with Crippen molar-refractivity contribution in [2.75, 3.05) is 45.8 Å². The van der Waals surface area contributed by atoms with Gasteiger partial charge < -0.3 is 46.7 Å². The first-order chi connectivity index (χ1) is 25.4. The highest BCUT2D eigenvalue weighted by Crippen LogP contribution is 2.23. The highest BCUT2D eigenvalue weighted by Gasteiger charge is 2.18. The molecule has 9 N–H and O–H groups in total. The van der Waals surface area contributed by atoms with Gasteiger partial charge in [-0.1, -0.05) is 30.7 Å². The molecule has 0 aliphatic carbocycles. The minimum Gasteiger partial charge on any atom is -0.508 e. The fourth-order valence-electron chi connectivity index (χ4n) is 5.83. The molecule has 15 nitrogen and oxygen atoms in total. The molecule has 15 heteroatoms. The summed E-state index contributed by atoms with van der Waals surface area (Å²) < 4.78 is 0. The van der Waals surface area contributed by atoms with Crippen molar-refractivity contribution < 1.29 is 49.5 Å². The summed E-state index contributed by atoms with van der Waals surface area (Å²) in [5, 5.41) is 55.2. The smallest absolute Gasteiger partial charge is 0.320 e. The Balaban J connectivity index is 1.78. The minimum absolute atomic E-state index is 0.000747. The fraction of sp³-hybridized carbons (Fsp3) is 0.553. The van der Waals surface area contributed by atoms with E-state index in [9.17, 15) is 44.4 Å². The largest absolute Gasteiger partial charge is 0.508 e. The predicted octanol–water partition coefficient (Wildman–Crippen LogP) is 2.48. The lowest BCUT2D eigenvalue weighted by atomic mass is 10.0. The maximum absolute atomic E-state index is 12.0. The fourth-order valence-corrected chi connectivity index (χ4v) is 5.83. The Bertz CT molecular complexity index is 1460. The molecule has 0 fully saturated rings. The third kappa shape index (κ3) is 19.7. The number of nitrogens with two attached hydrogens (primary N) is 1. The number of rotatable bonds is 30. The number of carboxylic acid groups (broad SMARTS) is 3. The summed E-state index contributed by atoms with van der Waals surface area (Å²) in [5.74, 6) is -3.12. The van der Waals surface area contributed by atoms with Gasteiger partial charge in [0.15, 0.2) is 0 Å². The number of aryl methyl sites for hydroxylation is 2. The zero-order valence-corrected chi connectivity index (χ0v) is 30.5. The average Bonchev–Trinajstić information content (AvgIpc) is 3.10. The quantitative estimate of drug-likeness (QED) is 0.0424. The third-order valence-electron chi connectivity index (χ3n) is 8.73. The van der Waals surface area contributed by atoms with Gasteiger partial charge in [-0.3, -0.25) is 29.0 Å². The molecule has 294 valence electrons. The minimum atomic E-state index is -1.07. The van der Waals surface area contributed by atoms with E-state index in [1.807, 2.05) is 12.1 Å². The monoisotopic (exact) mass is 743 g/mol. The number of nitrogens with one attached hydrogen (secondary N) is 2. The topological polar surface area (TPSA) is 243 Å². The van der Waals surface area contributed by atoms with Gasteiger partial charge in [0.2, 0.25) is 5.91 Å². The number of carboxylic acids is 3. The Morgan fingerprint density at radius 3 is 1.81 bits per heavy atom. The number of phenols is 2. The Labute approximate surface area is 311 Å². The van der Waals surface area contributed by atoms with Crippen molar-refractivity contribution in [3.05, 3.63) is 58.7 Å². The zero-order valence-electron chi connectivity index (χ0n) is 30.5. The Hall–Kier alpha value is -4.57. The normalized spacial score (nSPS) is 11.8. The van der Waals surface area contributed by atoms with Gasteiger partial charge in [-0.05, 0) is 87.7 Å². The van der Waals surface area contributed by atoms with Crippen molar-refractivity contribution in [1.82, 2.24) is 20.4 Å². The summed E-state index contributed by atoms with van der Waals surface area (Å²) in [4.78, 5) is 60.1. The van der Waals surface area contributed by atoms with Gasteiger partial charge in [0.25, 0.3) is 0 Å². The van der Waals surface area contributed by atoms with E-state index < -0.39 is 23.9 Å². The molecule has 0 saturated carbocycles. The second-order valence-electron chi connectivity index (χ2n) is 13.3. The van der Waals surface area contributed by atoms with Crippen LogP contribution in [0.2, 0.25) is 0 Å². The van der Waals surface area contributed by atoms with Crippen molar-refractivity contribution in [3.8, 4) is 11.5 Å². The van der Waals surface area contributed by atoms with Crippen LogP contribution in [0.15, 0.2) is 36.4 Å². The Morgan fingerprint density at radius 2 is 1.26 bits per heavy atom. The number of carbonyl (C=O) groups is 5. The Morgan fingerprint density at radius 1 is 0.717 bits per heavy atom. The van der Waals surface area contributed by atoms with E-state index in [0.29, 0.717) is 56.2 Å². The average molecular weight is 744 g/mol. The van der Waals surface area contributed by atoms with E-state index in [0.717, 1.165) is 62.6 Å². The molecule has 0 aliphatic rings. The SMILES string of the molecule is NC(CCCCNC(=O)CCCCCNCCCc1ccc(O)c(CN(CCN(CC(=O)O)Cc2cc(CCC=O)ccc2O)CC(=O)O)c1)C(=O)O. The molecule has 2 rings (SSSR count). The van der Waals surface area contributed by atoms with Crippen molar-refractivity contribution in [3.63, 3.8) is 0 Å². The number of hydrogen-bond acceptors (Lipinski definition) is 11. The van der Waals surface area contributed by atoms with E-state index in [4.69, 9.17) is 10.8 Å². The van der Waals surface area contributed by atoms with Crippen LogP contribution in [-0.4, -0.2) is 117 Å². The van der Waals surface area contributed by atoms with Crippen LogP contribution in [0.25, 0.3) is 0 Å². The molecule has 0 spiro atoms. The second kappa shape index (κ2) is 25.4. The van der Waals surface area contributed by atoms with Crippen LogP contribution in [0.5, 0.6) is 11.5 Å². The molecule has 2 aromatic rings. The predicted molar refractivity (Wildman–Crippen MR) is 199 cm³/mol. The van der Waals surface area contributed by atoms with Gasteiger partial charge in [-0.25, -0.2) is 0 Å². The van der Waals surface area contributed by atoms with Crippen LogP contribution in [0.3, 0.4) is 0 Å². The lowest BCUT2D eigenvalue weighted by Gasteiger charge is -2.26. The maximum Gasteiger partial charge on any atom is 0.320 e. The third-order valence-corrected chi connectivity index (χ3v) is 8.73. The lowest BCUT2D eigenvalue weighted by Crippen LogP contribution is -2.39. The van der Waals surface area contributed by atoms with Crippen molar-refractivity contribution in [2.45, 2.75) is 89.8 Å². The molecule has 1 amide bonds. The molecule has 0 aromatic heterocycles. The second-order valence-corrected chi connectivity index (χ2v) is 13.3. The molecule has 0 aliphatic heterocycles. The summed E-state index contributed by atoms with van der Waals surface area (Å²) in [6, 6.07) is 9.39. The van der Waals surface area contributed by atoms with E-state index in [1.165, 1.54) is 6.07 Å². The lowest BCUT2D eigenvalue weighted by molar-refractivity contribution is -0.140. The number of unbranched alkanes of at least 4 members (excludes halogenated alkanes) is 3. The number of hydrogen-bond donors (Lipinski definition) is 8. The molecule has 1 unspecified atom stereocenters. The molecule has 0 bridgehead atoms. The van der Waals surface area contributed by atoms with Gasteiger partial charge in [0.05, 0.1) is 13.1 Å². The maximum atomic E-state index is 12.0. The highest BCUT2D eigenvalue weighted by molar-refractivity contribution is 5.75. The van der Waals surface area contributed by atoms with Gasteiger partial charge in [-0.15, -0.1) is 0 Å². The summed E-state index contributed by atoms with van der Waals surface area (Å²) in [6.45, 7) is 2.08. The number of benzene rings is 2. The highest BCUT2D eigenvalue weighted by atomic mass is 16.4. The molecule has 2 aromatic carbocycles. The van der Waals surface area contributed by atoms with E-state index in [2.05, 4.69) is 10.6 Å². The molecule has 0 heterocycles. The molecular formula is C38H57N5O10. The Kier molecular flexibility index (Phi) is 21.4. The van der Waals surface area contributed by atoms with Crippen molar-refractivity contribution >= 4 is 30.1 Å². The number of carbonyl (C=O) groups excluding carboxylic acids is 2. The standard InChI is InChI=1S/C38H57N5O10/c39-32(38(52)53)10-3-5-18-41-35(47)11-2-1-4-16-40-17-6-8-28-12-14-33(45)30(22-28)24-42(26-36(48)49)19-20-43(27-37(50)51)25-31-23-29(9-7-21-44)13-15-34(31)46/h12-15,21-23,32,40,45-46H,1-11,16-20,24-27,39H2,(H,41,47)(H,48,49)(H,50,51)(H,52,53). The number of phenolic OH excluding ortho intramolecular Hbond substituents is 2. The van der Waals surface area contributed by atoms with Crippen LogP contribution < -0.4 is 16.4 Å². The van der Waals surface area contributed by atoms with Gasteiger partial charge in [-0.2, -0.15) is 0 Å². The van der Waals surface area contributed by atoms with Gasteiger partial charge in [0.1, 0.15) is 23.8 Å². The number of amides is 1. The summed E-state index contributed by atoms with van der Waals surface area (Å²) in [6.07, 6.45) is 8.00. The van der Waals surface area contributed by atoms with E-state index in [1.54, 1.807) is 28.0 Å². The van der Waals surface area contributed by atoms with E-state index in [-0.39, 0.29) is 56.7 Å². The zero-order chi connectivity index (χ0) is 39.0. The number of nitrogens with zero attached hydrogens (tertiary/aromatic N) is 2. The van der Waals surface area contributed by atoms with Gasteiger partial charge in [0, 0.05) is 56.7 Å². The summed E-state index contributed by atoms with van der Waals surface area (Å²) in [7, 11) is 0. The van der Waals surface area contributed by atoms with Crippen LogP contribution in [0.1, 0.15) is 80.0 Å². The van der Waals surface area contributed by atoms with Crippen LogP contribution in [0, 0.1) is 0 Å². The number of aromatic hydroxyl groups is 2. The molecule has 1 atom stereocenters. The van der Waals surface area contributed by atoms with Crippen LogP contribution in [-0.2, 0) is 49.9 Å². The first-order valence-corrected chi connectivity index (χ1v) is 18.3. The first-order valence-electron chi connectivity index (χ1n) is 18.3. The van der Waals surface area contributed by atoms with Gasteiger partial charge >= 0.3 is 17.9 Å². The first kappa shape index (κ1) is 44.6. The van der Waals surface area contributed by atoms with Crippen molar-refractivity contribution in [2.24, 2.45) is 5.73 Å². The van der Waals surface area contributed by atoms with E-state index >= 15 is 0 Å². The molecule has 53 heavy (non-hydrogen) atoms. The van der Waals surface area contributed by atoms with Crippen LogP contribution >= 0.6 is 0 Å². The van der Waals surface area contributed by atoms with Crippen LogP contribution in [0.4, 0.5) is 0 Å². The van der Waals surface area contributed by atoms with Crippen molar-refractivity contribution in [1.29, 1.82) is 0 Å². The summed E-state index contributed by atoms with van der Waals surface area (Å²) in [5.41, 5.74) is 8.36. The number of aliphatic carboxylic acids is 3. The summed E-state index contributed by atoms with van der Waals surface area (Å²) >= 11 is 0. The molecule has 0 radical (unpaired) electrons.